The molecule has 0 aliphatic heterocycles. The van der Waals surface area contributed by atoms with Crippen LogP contribution in [0.4, 0.5) is 0 Å². The summed E-state index contributed by atoms with van der Waals surface area (Å²) in [7, 11) is 0. The minimum atomic E-state index is -0.0595. The number of aliphatic hydroxyl groups is 1. The summed E-state index contributed by atoms with van der Waals surface area (Å²) in [6.45, 7) is -0.0595. The van der Waals surface area contributed by atoms with Gasteiger partial charge in [0.2, 0.25) is 0 Å². The van der Waals surface area contributed by atoms with Gasteiger partial charge in [-0.15, -0.1) is 0 Å². The Kier molecular flexibility index (Phi) is 4.78. The molecule has 0 radical (unpaired) electrons. The van der Waals surface area contributed by atoms with Crippen molar-refractivity contribution in [2.24, 2.45) is 0 Å². The van der Waals surface area contributed by atoms with Gasteiger partial charge in [-0.2, -0.15) is 0 Å². The van der Waals surface area contributed by atoms with Crippen LogP contribution in [0.25, 0.3) is 0 Å². The van der Waals surface area contributed by atoms with Crippen LogP contribution in [0.1, 0.15) is 22.3 Å². The summed E-state index contributed by atoms with van der Waals surface area (Å²) >= 11 is 6.54. The zero-order valence-corrected chi connectivity index (χ0v) is 10.6. The summed E-state index contributed by atoms with van der Waals surface area (Å²) in [5, 5.41) is 9.66. The molecular weight excluding hydrogens is 312 g/mol. The number of hydrogen-bond donors (Lipinski definition) is 1. The number of alkyl halides is 1. The molecule has 0 amide bonds. The van der Waals surface area contributed by atoms with Crippen molar-refractivity contribution in [1.82, 2.24) is 0 Å². The van der Waals surface area contributed by atoms with Crippen LogP contribution in [0.3, 0.4) is 0 Å². The van der Waals surface area contributed by atoms with Crippen molar-refractivity contribution in [1.29, 1.82) is 0 Å². The Bertz CT molecular complexity index is 337. The normalized spacial score (nSPS) is 10.2. The number of carbonyl (C=O) groups is 1. The maximum absolute atomic E-state index is 11.6. The third-order valence-corrected chi connectivity index (χ3v) is 3.20. The molecule has 0 aromatic heterocycles. The highest BCUT2D eigenvalue weighted by Gasteiger charge is 2.11. The van der Waals surface area contributed by atoms with Crippen LogP contribution < -0.4 is 0 Å². The first-order valence-electron chi connectivity index (χ1n) is 4.18. The lowest BCUT2D eigenvalue weighted by Gasteiger charge is -2.06. The number of hydrogen-bond acceptors (Lipinski definition) is 2. The fourth-order valence-corrected chi connectivity index (χ4v) is 2.11. The second-order valence-electron chi connectivity index (χ2n) is 2.80. The Balaban J connectivity index is 3.03. The summed E-state index contributed by atoms with van der Waals surface area (Å²) in [4.78, 5) is 11.6. The Morgan fingerprint density at radius 2 is 2.14 bits per heavy atom. The van der Waals surface area contributed by atoms with Gasteiger partial charge in [0, 0.05) is 21.8 Å². The Morgan fingerprint density at radius 1 is 1.43 bits per heavy atom. The number of aliphatic hydroxyl groups excluding tert-OH is 1. The highest BCUT2D eigenvalue weighted by molar-refractivity contribution is 9.10. The summed E-state index contributed by atoms with van der Waals surface area (Å²) in [6, 6.07) is 5.32. The molecule has 4 heteroatoms. The van der Waals surface area contributed by atoms with Crippen LogP contribution in [0.15, 0.2) is 22.7 Å². The minimum absolute atomic E-state index is 0.0595. The lowest BCUT2D eigenvalue weighted by molar-refractivity contribution is 0.0989. The van der Waals surface area contributed by atoms with Crippen LogP contribution in [-0.2, 0) is 6.61 Å². The van der Waals surface area contributed by atoms with Crippen molar-refractivity contribution in [3.8, 4) is 0 Å². The van der Waals surface area contributed by atoms with Gasteiger partial charge >= 0.3 is 0 Å². The average Bonchev–Trinajstić information content (AvgIpc) is 2.18. The van der Waals surface area contributed by atoms with E-state index < -0.39 is 0 Å². The van der Waals surface area contributed by atoms with Crippen molar-refractivity contribution in [3.63, 3.8) is 0 Å². The number of halogens is 2. The summed E-state index contributed by atoms with van der Waals surface area (Å²) in [6.07, 6.45) is 0.466. The molecule has 0 spiro atoms. The first-order valence-corrected chi connectivity index (χ1v) is 6.09. The van der Waals surface area contributed by atoms with Gasteiger partial charge in [-0.25, -0.2) is 0 Å². The number of rotatable bonds is 4. The number of ketones is 1. The molecule has 0 heterocycles. The topological polar surface area (TPSA) is 37.3 Å². The molecule has 0 bridgehead atoms. The van der Waals surface area contributed by atoms with Crippen LogP contribution in [0.2, 0.25) is 0 Å². The molecule has 0 saturated carbocycles. The van der Waals surface area contributed by atoms with E-state index in [2.05, 4.69) is 31.9 Å². The monoisotopic (exact) mass is 320 g/mol. The van der Waals surface area contributed by atoms with Crippen LogP contribution in [0.5, 0.6) is 0 Å². The summed E-state index contributed by atoms with van der Waals surface area (Å²) in [5.41, 5.74) is 1.38. The minimum Gasteiger partial charge on any atom is -0.392 e. The quantitative estimate of drug-likeness (QED) is 0.684. The molecule has 1 rings (SSSR count). The molecule has 1 aromatic carbocycles. The molecule has 1 aromatic rings. The van der Waals surface area contributed by atoms with Gasteiger partial charge in [0.25, 0.3) is 0 Å². The van der Waals surface area contributed by atoms with E-state index in [4.69, 9.17) is 5.11 Å². The molecule has 76 valence electrons. The van der Waals surface area contributed by atoms with Crippen molar-refractivity contribution in [2.75, 3.05) is 5.33 Å². The highest BCUT2D eigenvalue weighted by atomic mass is 79.9. The SMILES string of the molecule is O=C(CCBr)c1cccc(CO)c1Br. The van der Waals surface area contributed by atoms with E-state index >= 15 is 0 Å². The number of benzene rings is 1. The van der Waals surface area contributed by atoms with Gasteiger partial charge in [-0.05, 0) is 21.5 Å². The van der Waals surface area contributed by atoms with Gasteiger partial charge in [-0.3, -0.25) is 4.79 Å². The molecule has 0 aliphatic carbocycles. The van der Waals surface area contributed by atoms with Crippen molar-refractivity contribution in [2.45, 2.75) is 13.0 Å². The fraction of sp³-hybridized carbons (Fsp3) is 0.300. The van der Waals surface area contributed by atoms with Gasteiger partial charge in [0.05, 0.1) is 6.61 Å². The van der Waals surface area contributed by atoms with Gasteiger partial charge in [0.15, 0.2) is 5.78 Å². The van der Waals surface area contributed by atoms with E-state index in [1.54, 1.807) is 18.2 Å². The van der Waals surface area contributed by atoms with Crippen molar-refractivity contribution in [3.05, 3.63) is 33.8 Å². The molecule has 0 saturated heterocycles. The summed E-state index contributed by atoms with van der Waals surface area (Å²) < 4.78 is 0.702. The lowest BCUT2D eigenvalue weighted by Crippen LogP contribution is -2.02. The van der Waals surface area contributed by atoms with E-state index in [-0.39, 0.29) is 12.4 Å². The first kappa shape index (κ1) is 11.9. The predicted octanol–water partition coefficient (Wildman–Crippen LogP) is 2.91. The standard InChI is InChI=1S/C10H10Br2O2/c11-5-4-9(14)8-3-1-2-7(6-13)10(8)12/h1-3,13H,4-6H2. The number of Topliss-reactive ketones (excluding diaryl/α,β-unsaturated/α-hetero) is 1. The zero-order chi connectivity index (χ0) is 10.6. The second-order valence-corrected chi connectivity index (χ2v) is 4.38. The fourth-order valence-electron chi connectivity index (χ4n) is 1.14. The molecule has 1 N–H and O–H groups in total. The van der Waals surface area contributed by atoms with Gasteiger partial charge < -0.3 is 5.11 Å². The molecule has 0 unspecified atom stereocenters. The van der Waals surface area contributed by atoms with Crippen molar-refractivity contribution >= 4 is 37.6 Å². The second kappa shape index (κ2) is 5.63. The van der Waals surface area contributed by atoms with Crippen LogP contribution >= 0.6 is 31.9 Å². The molecule has 0 aliphatic rings. The third-order valence-electron chi connectivity index (χ3n) is 1.87. The van der Waals surface area contributed by atoms with Crippen LogP contribution in [0, 0.1) is 0 Å². The van der Waals surface area contributed by atoms with Gasteiger partial charge in [-0.1, -0.05) is 34.1 Å². The average molecular weight is 322 g/mol. The molecule has 0 atom stereocenters. The maximum Gasteiger partial charge on any atom is 0.164 e. The molecule has 0 fully saturated rings. The largest absolute Gasteiger partial charge is 0.392 e. The maximum atomic E-state index is 11.6. The first-order chi connectivity index (χ1) is 6.70. The van der Waals surface area contributed by atoms with E-state index in [0.717, 1.165) is 5.56 Å². The van der Waals surface area contributed by atoms with Crippen LogP contribution in [-0.4, -0.2) is 16.2 Å². The smallest absolute Gasteiger partial charge is 0.164 e. The molecular formula is C10H10Br2O2. The Hall–Kier alpha value is -0.190. The third kappa shape index (κ3) is 2.65. The molecule has 14 heavy (non-hydrogen) atoms. The number of carbonyl (C=O) groups excluding carboxylic acids is 1. The van der Waals surface area contributed by atoms with Gasteiger partial charge in [0.1, 0.15) is 0 Å². The van der Waals surface area contributed by atoms with Crippen molar-refractivity contribution < 1.29 is 9.90 Å². The highest BCUT2D eigenvalue weighted by Crippen LogP contribution is 2.23. The lowest BCUT2D eigenvalue weighted by atomic mass is 10.1. The van der Waals surface area contributed by atoms with E-state index in [0.29, 0.717) is 21.8 Å². The van der Waals surface area contributed by atoms with E-state index in [1.165, 1.54) is 0 Å². The summed E-state index contributed by atoms with van der Waals surface area (Å²) in [5.74, 6) is 0.0732. The molecule has 2 nitrogen and oxygen atoms in total. The van der Waals surface area contributed by atoms with E-state index in [1.807, 2.05) is 0 Å². The Morgan fingerprint density at radius 3 is 2.71 bits per heavy atom. The predicted molar refractivity (Wildman–Crippen MR) is 62.8 cm³/mol. The Labute approximate surface area is 99.6 Å². The zero-order valence-electron chi connectivity index (χ0n) is 7.46. The van der Waals surface area contributed by atoms with E-state index in [9.17, 15) is 4.79 Å².